The molecule has 0 aliphatic carbocycles. The van der Waals surface area contributed by atoms with Gasteiger partial charge in [-0.15, -0.1) is 0 Å². The van der Waals surface area contributed by atoms with Crippen molar-refractivity contribution in [2.45, 2.75) is 105 Å². The minimum Gasteiger partial charge on any atom is -0.465 e. The molecular formula is C22H42O4. The van der Waals surface area contributed by atoms with E-state index in [4.69, 9.17) is 9.47 Å². The molecule has 0 saturated carbocycles. The summed E-state index contributed by atoms with van der Waals surface area (Å²) in [5.41, 5.74) is 0. The Morgan fingerprint density at radius 1 is 0.654 bits per heavy atom. The molecule has 4 heteroatoms. The standard InChI is InChI=1S/C22H42O4/c1-5-9-13-19(7-3)17-25-21(23)15-11-12-16-22(24)26-18-20(8-4)14-10-6-2/h19-20H,5-18H2,1-4H3/t19-,20+. The summed E-state index contributed by atoms with van der Waals surface area (Å²) in [6, 6.07) is 0. The summed E-state index contributed by atoms with van der Waals surface area (Å²) in [4.78, 5) is 23.6. The Hall–Kier alpha value is -1.06. The second kappa shape index (κ2) is 17.4. The Balaban J connectivity index is 3.73. The highest BCUT2D eigenvalue weighted by atomic mass is 16.5. The first-order valence-corrected chi connectivity index (χ1v) is 10.9. The maximum atomic E-state index is 11.8. The van der Waals surface area contributed by atoms with Crippen LogP contribution in [0, 0.1) is 11.8 Å². The average molecular weight is 371 g/mol. The molecule has 2 atom stereocenters. The quantitative estimate of drug-likeness (QED) is 0.230. The van der Waals surface area contributed by atoms with Gasteiger partial charge in [-0.1, -0.05) is 66.2 Å². The first kappa shape index (κ1) is 24.9. The van der Waals surface area contributed by atoms with Crippen LogP contribution in [0.15, 0.2) is 0 Å². The molecule has 0 amide bonds. The van der Waals surface area contributed by atoms with Crippen LogP contribution >= 0.6 is 0 Å². The summed E-state index contributed by atoms with van der Waals surface area (Å²) in [5.74, 6) is 0.680. The van der Waals surface area contributed by atoms with Gasteiger partial charge >= 0.3 is 11.9 Å². The average Bonchev–Trinajstić information content (AvgIpc) is 2.65. The van der Waals surface area contributed by atoms with Crippen LogP contribution in [0.2, 0.25) is 0 Å². The molecule has 0 fully saturated rings. The van der Waals surface area contributed by atoms with E-state index in [1.807, 2.05) is 0 Å². The van der Waals surface area contributed by atoms with Gasteiger partial charge in [0.1, 0.15) is 0 Å². The molecule has 26 heavy (non-hydrogen) atoms. The fourth-order valence-electron chi connectivity index (χ4n) is 2.90. The van der Waals surface area contributed by atoms with E-state index in [0.717, 1.165) is 25.7 Å². The molecule has 0 aromatic heterocycles. The van der Waals surface area contributed by atoms with Crippen molar-refractivity contribution in [3.63, 3.8) is 0 Å². The maximum absolute atomic E-state index is 11.8. The Bertz CT molecular complexity index is 320. The predicted molar refractivity (Wildman–Crippen MR) is 107 cm³/mol. The molecular weight excluding hydrogens is 328 g/mol. The molecule has 0 spiro atoms. The molecule has 0 aromatic rings. The van der Waals surface area contributed by atoms with Crippen molar-refractivity contribution in [3.8, 4) is 0 Å². The highest BCUT2D eigenvalue weighted by Gasteiger charge is 2.12. The fraction of sp³-hybridized carbons (Fsp3) is 0.909. The van der Waals surface area contributed by atoms with E-state index in [9.17, 15) is 9.59 Å². The van der Waals surface area contributed by atoms with E-state index >= 15 is 0 Å². The Morgan fingerprint density at radius 2 is 1.04 bits per heavy atom. The van der Waals surface area contributed by atoms with Gasteiger partial charge in [-0.2, -0.15) is 0 Å². The zero-order valence-electron chi connectivity index (χ0n) is 17.7. The van der Waals surface area contributed by atoms with E-state index in [1.165, 1.54) is 25.7 Å². The second-order valence-electron chi connectivity index (χ2n) is 7.41. The van der Waals surface area contributed by atoms with Crippen molar-refractivity contribution < 1.29 is 19.1 Å². The Morgan fingerprint density at radius 3 is 1.35 bits per heavy atom. The summed E-state index contributed by atoms with van der Waals surface area (Å²) < 4.78 is 10.8. The van der Waals surface area contributed by atoms with Gasteiger partial charge in [0.15, 0.2) is 0 Å². The lowest BCUT2D eigenvalue weighted by Gasteiger charge is -2.15. The van der Waals surface area contributed by atoms with Crippen molar-refractivity contribution in [1.29, 1.82) is 0 Å². The van der Waals surface area contributed by atoms with Crippen LogP contribution in [-0.4, -0.2) is 25.2 Å². The van der Waals surface area contributed by atoms with Gasteiger partial charge in [0.05, 0.1) is 13.2 Å². The molecule has 0 radical (unpaired) electrons. The lowest BCUT2D eigenvalue weighted by Crippen LogP contribution is -2.15. The van der Waals surface area contributed by atoms with Crippen LogP contribution in [0.25, 0.3) is 0 Å². The molecule has 0 aliphatic rings. The zero-order valence-corrected chi connectivity index (χ0v) is 17.7. The van der Waals surface area contributed by atoms with Gasteiger partial charge in [0.25, 0.3) is 0 Å². The lowest BCUT2D eigenvalue weighted by molar-refractivity contribution is -0.147. The predicted octanol–water partition coefficient (Wildman–Crippen LogP) is 6.07. The topological polar surface area (TPSA) is 52.6 Å². The highest BCUT2D eigenvalue weighted by molar-refractivity contribution is 5.70. The molecule has 4 nitrogen and oxygen atoms in total. The van der Waals surface area contributed by atoms with E-state index in [0.29, 0.717) is 50.7 Å². The highest BCUT2D eigenvalue weighted by Crippen LogP contribution is 2.15. The molecule has 0 aromatic carbocycles. The van der Waals surface area contributed by atoms with E-state index in [2.05, 4.69) is 27.7 Å². The van der Waals surface area contributed by atoms with Crippen molar-refractivity contribution in [2.24, 2.45) is 11.8 Å². The molecule has 154 valence electrons. The summed E-state index contributed by atoms with van der Waals surface area (Å²) in [7, 11) is 0. The van der Waals surface area contributed by atoms with Gasteiger partial charge in [0.2, 0.25) is 0 Å². The molecule has 0 unspecified atom stereocenters. The smallest absolute Gasteiger partial charge is 0.305 e. The normalized spacial score (nSPS) is 13.2. The summed E-state index contributed by atoms with van der Waals surface area (Å²) in [6.07, 6.45) is 11.3. The molecule has 0 heterocycles. The molecule has 0 aliphatic heterocycles. The van der Waals surface area contributed by atoms with Crippen LogP contribution in [0.3, 0.4) is 0 Å². The number of ether oxygens (including phenoxy) is 2. The monoisotopic (exact) mass is 370 g/mol. The van der Waals surface area contributed by atoms with Crippen molar-refractivity contribution >= 4 is 11.9 Å². The molecule has 0 bridgehead atoms. The maximum Gasteiger partial charge on any atom is 0.305 e. The fourth-order valence-corrected chi connectivity index (χ4v) is 2.90. The third kappa shape index (κ3) is 14.1. The van der Waals surface area contributed by atoms with E-state index in [-0.39, 0.29) is 11.9 Å². The summed E-state index contributed by atoms with van der Waals surface area (Å²) >= 11 is 0. The molecule has 0 saturated heterocycles. The Labute approximate surface area is 161 Å². The SMILES string of the molecule is CCCC[C@@H](CC)COC(=O)CCCCC(=O)OC[C@@H](CC)CCCC. The van der Waals surface area contributed by atoms with Gasteiger partial charge < -0.3 is 9.47 Å². The number of esters is 2. The van der Waals surface area contributed by atoms with Gasteiger partial charge in [0, 0.05) is 12.8 Å². The minimum absolute atomic E-state index is 0.140. The van der Waals surface area contributed by atoms with Gasteiger partial charge in [-0.3, -0.25) is 9.59 Å². The third-order valence-electron chi connectivity index (χ3n) is 5.06. The van der Waals surface area contributed by atoms with Gasteiger partial charge in [-0.05, 0) is 37.5 Å². The molecule has 0 N–H and O–H groups in total. The van der Waals surface area contributed by atoms with Crippen molar-refractivity contribution in [2.75, 3.05) is 13.2 Å². The second-order valence-corrected chi connectivity index (χ2v) is 7.41. The van der Waals surface area contributed by atoms with Crippen molar-refractivity contribution in [1.82, 2.24) is 0 Å². The lowest BCUT2D eigenvalue weighted by atomic mass is 10.0. The number of carbonyl (C=O) groups excluding carboxylic acids is 2. The van der Waals surface area contributed by atoms with Crippen molar-refractivity contribution in [3.05, 3.63) is 0 Å². The van der Waals surface area contributed by atoms with Crippen LogP contribution in [0.1, 0.15) is 105 Å². The number of rotatable bonds is 17. The van der Waals surface area contributed by atoms with Gasteiger partial charge in [-0.25, -0.2) is 0 Å². The number of carbonyl (C=O) groups is 2. The zero-order chi connectivity index (χ0) is 19.6. The van der Waals surface area contributed by atoms with Crippen LogP contribution in [0.5, 0.6) is 0 Å². The van der Waals surface area contributed by atoms with E-state index in [1.54, 1.807) is 0 Å². The summed E-state index contributed by atoms with van der Waals surface area (Å²) in [6.45, 7) is 9.71. The first-order valence-electron chi connectivity index (χ1n) is 10.9. The number of unbranched alkanes of at least 4 members (excludes halogenated alkanes) is 3. The third-order valence-corrected chi connectivity index (χ3v) is 5.06. The minimum atomic E-state index is -0.140. The van der Waals surface area contributed by atoms with E-state index < -0.39 is 0 Å². The van der Waals surface area contributed by atoms with Crippen LogP contribution < -0.4 is 0 Å². The number of hydrogen-bond acceptors (Lipinski definition) is 4. The summed E-state index contributed by atoms with van der Waals surface area (Å²) in [5, 5.41) is 0. The van der Waals surface area contributed by atoms with Crippen LogP contribution in [0.4, 0.5) is 0 Å². The Kier molecular flexibility index (Phi) is 16.7. The first-order chi connectivity index (χ1) is 12.6. The molecule has 0 rings (SSSR count). The number of hydrogen-bond donors (Lipinski definition) is 0. The van der Waals surface area contributed by atoms with Crippen LogP contribution in [-0.2, 0) is 19.1 Å². The largest absolute Gasteiger partial charge is 0.465 e.